The van der Waals surface area contributed by atoms with Crippen LogP contribution in [0.4, 0.5) is 0 Å². The fourth-order valence-corrected chi connectivity index (χ4v) is 4.26. The van der Waals surface area contributed by atoms with Crippen LogP contribution in [0.25, 0.3) is 11.0 Å². The normalized spacial score (nSPS) is 14.1. The molecule has 0 spiro atoms. The molecule has 9 nitrogen and oxygen atoms in total. The molecule has 2 N–H and O–H groups in total. The molecule has 146 valence electrons. The summed E-state index contributed by atoms with van der Waals surface area (Å²) in [5.74, 6) is 0. The Kier molecular flexibility index (Phi) is 5.17. The van der Waals surface area contributed by atoms with Gasteiger partial charge in [-0.2, -0.15) is 5.10 Å². The minimum absolute atomic E-state index is 0. The number of aromatic nitrogens is 4. The Labute approximate surface area is 162 Å². The van der Waals surface area contributed by atoms with Crippen LogP contribution < -0.4 is 15.7 Å². The maximum Gasteiger partial charge on any atom is 0.328 e. The minimum atomic E-state index is -3.71. The van der Waals surface area contributed by atoms with Gasteiger partial charge in [-0.1, -0.05) is 0 Å². The fraction of sp³-hybridized carbons (Fsp3) is 0.375. The average molecular weight is 413 g/mol. The Morgan fingerprint density at radius 3 is 2.67 bits per heavy atom. The van der Waals surface area contributed by atoms with E-state index >= 15 is 0 Å². The summed E-state index contributed by atoms with van der Waals surface area (Å²) in [6.45, 7) is 2.49. The van der Waals surface area contributed by atoms with Crippen molar-refractivity contribution in [2.75, 3.05) is 6.54 Å². The first-order chi connectivity index (χ1) is 12.4. The lowest BCUT2D eigenvalue weighted by Crippen LogP contribution is -2.28. The van der Waals surface area contributed by atoms with E-state index in [1.807, 2.05) is 10.7 Å². The van der Waals surface area contributed by atoms with Crippen molar-refractivity contribution in [3.63, 3.8) is 0 Å². The molecule has 1 aliphatic rings. The summed E-state index contributed by atoms with van der Waals surface area (Å²) in [4.78, 5) is 12.1. The molecule has 2 aromatic heterocycles. The third kappa shape index (κ3) is 3.41. The maximum absolute atomic E-state index is 12.6. The number of benzene rings is 1. The van der Waals surface area contributed by atoms with Crippen molar-refractivity contribution >= 4 is 33.5 Å². The van der Waals surface area contributed by atoms with Crippen LogP contribution in [0.2, 0.25) is 0 Å². The highest BCUT2D eigenvalue weighted by Gasteiger charge is 2.18. The van der Waals surface area contributed by atoms with Gasteiger partial charge in [0, 0.05) is 27.2 Å². The highest BCUT2D eigenvalue weighted by atomic mass is 35.5. The van der Waals surface area contributed by atoms with Crippen molar-refractivity contribution in [2.45, 2.75) is 24.5 Å². The molecular formula is C16H21ClN6O3S. The highest BCUT2D eigenvalue weighted by molar-refractivity contribution is 7.89. The molecule has 0 fully saturated rings. The van der Waals surface area contributed by atoms with Crippen LogP contribution in [0.15, 0.2) is 34.0 Å². The molecule has 0 amide bonds. The van der Waals surface area contributed by atoms with E-state index in [1.165, 1.54) is 21.3 Å². The third-order valence-electron chi connectivity index (χ3n) is 4.72. The molecule has 27 heavy (non-hydrogen) atoms. The molecular weight excluding hydrogens is 392 g/mol. The Bertz CT molecular complexity index is 1140. The van der Waals surface area contributed by atoms with E-state index in [4.69, 9.17) is 0 Å². The molecule has 1 aliphatic heterocycles. The Morgan fingerprint density at radius 2 is 1.93 bits per heavy atom. The molecule has 0 saturated heterocycles. The second-order valence-corrected chi connectivity index (χ2v) is 8.17. The van der Waals surface area contributed by atoms with E-state index in [0.29, 0.717) is 16.7 Å². The van der Waals surface area contributed by atoms with Crippen molar-refractivity contribution in [3.05, 3.63) is 46.1 Å². The third-order valence-corrected chi connectivity index (χ3v) is 6.12. The number of fused-ring (bicyclic) bond motifs is 2. The standard InChI is InChI=1S/C16H20N6O3S.ClH/c1-20-14-4-3-13(8-15(14)21(2)16(20)23)26(24,25)18-9-11-7-12-10-17-5-6-22(12)19-11;/h3-4,7-8,17-18H,5-6,9-10H2,1-2H3;1H. The Balaban J connectivity index is 0.00000210. The monoisotopic (exact) mass is 412 g/mol. The lowest BCUT2D eigenvalue weighted by molar-refractivity contribution is 0.473. The quantitative estimate of drug-likeness (QED) is 0.631. The second kappa shape index (κ2) is 7.12. The summed E-state index contributed by atoms with van der Waals surface area (Å²) in [5.41, 5.74) is 2.79. The molecule has 0 radical (unpaired) electrons. The first-order valence-electron chi connectivity index (χ1n) is 8.28. The molecule has 11 heteroatoms. The van der Waals surface area contributed by atoms with Crippen molar-refractivity contribution < 1.29 is 8.42 Å². The van der Waals surface area contributed by atoms with Gasteiger partial charge in [0.1, 0.15) is 0 Å². The van der Waals surface area contributed by atoms with Gasteiger partial charge in [-0.3, -0.25) is 13.8 Å². The molecule has 0 aliphatic carbocycles. The SMILES string of the molecule is Cl.Cn1c(=O)n(C)c2cc(S(=O)(=O)NCc3cc4n(n3)CCNC4)ccc21. The van der Waals surface area contributed by atoms with E-state index in [-0.39, 0.29) is 29.5 Å². The van der Waals surface area contributed by atoms with Gasteiger partial charge in [0.25, 0.3) is 0 Å². The van der Waals surface area contributed by atoms with Gasteiger partial charge >= 0.3 is 5.69 Å². The molecule has 0 bridgehead atoms. The smallest absolute Gasteiger partial charge is 0.309 e. The second-order valence-electron chi connectivity index (χ2n) is 6.40. The number of hydrogen-bond acceptors (Lipinski definition) is 5. The summed E-state index contributed by atoms with van der Waals surface area (Å²) in [7, 11) is -0.429. The van der Waals surface area contributed by atoms with Gasteiger partial charge in [-0.05, 0) is 24.3 Å². The van der Waals surface area contributed by atoms with E-state index in [1.54, 1.807) is 20.2 Å². The summed E-state index contributed by atoms with van der Waals surface area (Å²) in [6, 6.07) is 6.57. The molecule has 3 aromatic rings. The zero-order chi connectivity index (χ0) is 18.5. The fourth-order valence-electron chi connectivity index (χ4n) is 3.24. The lowest BCUT2D eigenvalue weighted by atomic mass is 10.3. The molecule has 0 atom stereocenters. The van der Waals surface area contributed by atoms with Crippen LogP contribution in [0.5, 0.6) is 0 Å². The molecule has 4 rings (SSSR count). The molecule has 0 unspecified atom stereocenters. The zero-order valence-corrected chi connectivity index (χ0v) is 16.6. The van der Waals surface area contributed by atoms with E-state index in [9.17, 15) is 13.2 Å². The number of halogens is 1. The molecule has 0 saturated carbocycles. The summed E-state index contributed by atoms with van der Waals surface area (Å²) in [6.07, 6.45) is 0. The first-order valence-corrected chi connectivity index (χ1v) is 9.76. The highest BCUT2D eigenvalue weighted by Crippen LogP contribution is 2.18. The topological polar surface area (TPSA) is 103 Å². The van der Waals surface area contributed by atoms with Crippen LogP contribution in [0, 0.1) is 0 Å². The van der Waals surface area contributed by atoms with E-state index in [0.717, 1.165) is 25.3 Å². The number of aryl methyl sites for hydroxylation is 2. The number of imidazole rings is 1. The van der Waals surface area contributed by atoms with Crippen LogP contribution in [-0.4, -0.2) is 33.9 Å². The van der Waals surface area contributed by atoms with Gasteiger partial charge in [-0.25, -0.2) is 17.9 Å². The van der Waals surface area contributed by atoms with Crippen molar-refractivity contribution in [3.8, 4) is 0 Å². The van der Waals surface area contributed by atoms with E-state index in [2.05, 4.69) is 15.1 Å². The summed E-state index contributed by atoms with van der Waals surface area (Å²) < 4.78 is 32.7. The van der Waals surface area contributed by atoms with Crippen molar-refractivity contribution in [2.24, 2.45) is 14.1 Å². The van der Waals surface area contributed by atoms with E-state index < -0.39 is 10.0 Å². The average Bonchev–Trinajstić information content (AvgIpc) is 3.15. The van der Waals surface area contributed by atoms with Gasteiger partial charge < -0.3 is 5.32 Å². The van der Waals surface area contributed by atoms with Gasteiger partial charge in [0.2, 0.25) is 10.0 Å². The maximum atomic E-state index is 12.6. The predicted octanol–water partition coefficient (Wildman–Crippen LogP) is 0.0770. The summed E-state index contributed by atoms with van der Waals surface area (Å²) in [5, 5.41) is 7.68. The zero-order valence-electron chi connectivity index (χ0n) is 15.0. The van der Waals surface area contributed by atoms with Crippen molar-refractivity contribution in [1.29, 1.82) is 0 Å². The van der Waals surface area contributed by atoms with Gasteiger partial charge in [0.15, 0.2) is 0 Å². The first kappa shape index (κ1) is 19.6. The Hall–Kier alpha value is -2.14. The molecule has 1 aromatic carbocycles. The number of nitrogens with one attached hydrogen (secondary N) is 2. The number of hydrogen-bond donors (Lipinski definition) is 2. The van der Waals surface area contributed by atoms with Gasteiger partial charge in [0.05, 0.1) is 40.4 Å². The molecule has 3 heterocycles. The predicted molar refractivity (Wildman–Crippen MR) is 103 cm³/mol. The number of nitrogens with zero attached hydrogens (tertiary/aromatic N) is 4. The van der Waals surface area contributed by atoms with Crippen LogP contribution >= 0.6 is 12.4 Å². The largest absolute Gasteiger partial charge is 0.328 e. The number of rotatable bonds is 4. The lowest BCUT2D eigenvalue weighted by Gasteiger charge is -2.13. The van der Waals surface area contributed by atoms with Gasteiger partial charge in [-0.15, -0.1) is 12.4 Å². The summed E-state index contributed by atoms with van der Waals surface area (Å²) >= 11 is 0. The van der Waals surface area contributed by atoms with Crippen molar-refractivity contribution in [1.82, 2.24) is 29.0 Å². The number of sulfonamides is 1. The Morgan fingerprint density at radius 1 is 1.19 bits per heavy atom. The van der Waals surface area contributed by atoms with Crippen LogP contribution in [0.3, 0.4) is 0 Å². The van der Waals surface area contributed by atoms with Crippen LogP contribution in [-0.2, 0) is 43.8 Å². The van der Waals surface area contributed by atoms with Crippen LogP contribution in [0.1, 0.15) is 11.4 Å². The minimum Gasteiger partial charge on any atom is -0.309 e.